The van der Waals surface area contributed by atoms with Gasteiger partial charge in [-0.05, 0) is 0 Å². The Morgan fingerprint density at radius 1 is 0.742 bits per heavy atom. The Morgan fingerprint density at radius 2 is 1.32 bits per heavy atom. The fourth-order valence-electron chi connectivity index (χ4n) is 2.95. The van der Waals surface area contributed by atoms with E-state index in [0.29, 0.717) is 0 Å². The summed E-state index contributed by atoms with van der Waals surface area (Å²) in [5.74, 6) is 0. The van der Waals surface area contributed by atoms with Crippen LogP contribution in [0.5, 0.6) is 0 Å². The molecule has 2 aliphatic rings. The van der Waals surface area contributed by atoms with Crippen molar-refractivity contribution in [3.63, 3.8) is 0 Å². The van der Waals surface area contributed by atoms with E-state index in [4.69, 9.17) is 23.3 Å². The monoisotopic (exact) mass is 502 g/mol. The van der Waals surface area contributed by atoms with Gasteiger partial charge < -0.3 is 44.8 Å². The quantitative estimate of drug-likeness (QED) is 0.143. The average molecular weight is 502 g/mol. The first-order valence-corrected chi connectivity index (χ1v) is 11.1. The number of hydrogen-bond donors (Lipinski definition) is 8. The summed E-state index contributed by atoms with van der Waals surface area (Å²) in [4.78, 5) is 0. The molecular formula is C12H22O17S2. The molecule has 2 heterocycles. The average Bonchev–Trinajstić information content (AvgIpc) is 2.64. The number of aliphatic hydroxyl groups is 6. The summed E-state index contributed by atoms with van der Waals surface area (Å²) in [7, 11) is -10.1. The minimum absolute atomic E-state index is 1.01. The largest absolute Gasteiger partial charge is 0.397 e. The van der Waals surface area contributed by atoms with Crippen LogP contribution in [0.3, 0.4) is 0 Å². The van der Waals surface area contributed by atoms with Crippen LogP contribution in [0.2, 0.25) is 0 Å². The molecule has 0 saturated carbocycles. The summed E-state index contributed by atoms with van der Waals surface area (Å²) in [5, 5.41) is 59.1. The molecule has 0 aliphatic carbocycles. The SMILES string of the molecule is O=S(=O)(O)OC[C@H]1O[C@H](O)[C@H](O)[C@@H](O)[C@H]1O[C@@H]1O[C@H](CO)[C@H](OS(=O)(=O)O)[C@H](O)[C@H]1O. The van der Waals surface area contributed by atoms with Gasteiger partial charge in [0.05, 0.1) is 13.2 Å². The van der Waals surface area contributed by atoms with Gasteiger partial charge in [0.25, 0.3) is 0 Å². The highest BCUT2D eigenvalue weighted by molar-refractivity contribution is 7.81. The van der Waals surface area contributed by atoms with Crippen LogP contribution in [-0.2, 0) is 43.4 Å². The highest BCUT2D eigenvalue weighted by Crippen LogP contribution is 2.30. The Morgan fingerprint density at radius 3 is 1.84 bits per heavy atom. The minimum atomic E-state index is -5.14. The third kappa shape index (κ3) is 6.93. The first kappa shape index (κ1) is 26.6. The maximum absolute atomic E-state index is 10.9. The van der Waals surface area contributed by atoms with Crippen molar-refractivity contribution in [2.24, 2.45) is 0 Å². The van der Waals surface area contributed by atoms with E-state index >= 15 is 0 Å². The van der Waals surface area contributed by atoms with Crippen LogP contribution < -0.4 is 0 Å². The lowest BCUT2D eigenvalue weighted by atomic mass is 9.97. The molecule has 0 spiro atoms. The molecule has 0 unspecified atom stereocenters. The molecule has 2 fully saturated rings. The Hall–Kier alpha value is -0.620. The Labute approximate surface area is 175 Å². The fraction of sp³-hybridized carbons (Fsp3) is 1.00. The predicted molar refractivity (Wildman–Crippen MR) is 89.4 cm³/mol. The van der Waals surface area contributed by atoms with Crippen molar-refractivity contribution in [2.45, 2.75) is 61.4 Å². The number of hydrogen-bond acceptors (Lipinski definition) is 15. The van der Waals surface area contributed by atoms with Crippen LogP contribution in [0.15, 0.2) is 0 Å². The maximum Gasteiger partial charge on any atom is 0.397 e. The Kier molecular flexibility index (Phi) is 8.68. The van der Waals surface area contributed by atoms with Crippen LogP contribution in [0, 0.1) is 0 Å². The standard InChI is InChI=1S/C12H22O17S2/c13-1-3-10(29-31(22,23)24)6(15)8(17)12(27-3)28-9-4(2-25-30(19,20)21)26-11(18)7(16)5(9)14/h3-18H,1-2H2,(H,19,20,21)(H,22,23,24)/t3-,4-,5-,6-,7-,8-,9+,10+,11+,12+/m1/s1. The van der Waals surface area contributed by atoms with Gasteiger partial charge in [-0.2, -0.15) is 16.8 Å². The van der Waals surface area contributed by atoms with Gasteiger partial charge in [-0.15, -0.1) is 0 Å². The highest BCUT2D eigenvalue weighted by Gasteiger charge is 2.52. The van der Waals surface area contributed by atoms with Gasteiger partial charge in [-0.1, -0.05) is 0 Å². The van der Waals surface area contributed by atoms with E-state index < -0.39 is 95.4 Å². The first-order valence-electron chi connectivity index (χ1n) is 8.39. The Bertz CT molecular complexity index is 798. The molecule has 2 rings (SSSR count). The molecule has 0 radical (unpaired) electrons. The van der Waals surface area contributed by atoms with Crippen LogP contribution in [0.4, 0.5) is 0 Å². The van der Waals surface area contributed by atoms with Gasteiger partial charge in [0.2, 0.25) is 0 Å². The fourth-order valence-corrected chi connectivity index (χ4v) is 3.78. The number of ether oxygens (including phenoxy) is 3. The molecule has 17 nitrogen and oxygen atoms in total. The smallest absolute Gasteiger partial charge is 0.394 e. The molecule has 2 saturated heterocycles. The van der Waals surface area contributed by atoms with E-state index in [0.717, 1.165) is 0 Å². The molecule has 0 bridgehead atoms. The highest BCUT2D eigenvalue weighted by atomic mass is 32.3. The molecule has 0 aromatic carbocycles. The maximum atomic E-state index is 10.9. The van der Waals surface area contributed by atoms with E-state index in [1.807, 2.05) is 0 Å². The molecule has 31 heavy (non-hydrogen) atoms. The summed E-state index contributed by atoms with van der Waals surface area (Å²) in [6.45, 7) is -2.06. The molecule has 0 amide bonds. The van der Waals surface area contributed by atoms with E-state index in [1.165, 1.54) is 0 Å². The van der Waals surface area contributed by atoms with E-state index in [9.17, 15) is 47.5 Å². The van der Waals surface area contributed by atoms with E-state index in [2.05, 4.69) is 8.37 Å². The lowest BCUT2D eigenvalue weighted by molar-refractivity contribution is -0.353. The van der Waals surface area contributed by atoms with Crippen LogP contribution in [-0.4, -0.2) is 131 Å². The first-order chi connectivity index (χ1) is 14.1. The second kappa shape index (κ2) is 10.1. The van der Waals surface area contributed by atoms with Gasteiger partial charge in [0, 0.05) is 0 Å². The molecule has 0 aromatic rings. The van der Waals surface area contributed by atoms with Crippen molar-refractivity contribution in [3.05, 3.63) is 0 Å². The predicted octanol–water partition coefficient (Wildman–Crippen LogP) is -5.74. The third-order valence-corrected chi connectivity index (χ3v) is 5.28. The van der Waals surface area contributed by atoms with Crippen LogP contribution >= 0.6 is 0 Å². The lowest BCUT2D eigenvalue weighted by Gasteiger charge is -2.45. The van der Waals surface area contributed by atoms with Crippen LogP contribution in [0.25, 0.3) is 0 Å². The van der Waals surface area contributed by atoms with Gasteiger partial charge in [0.1, 0.15) is 48.8 Å². The van der Waals surface area contributed by atoms with Crippen molar-refractivity contribution in [1.29, 1.82) is 0 Å². The molecule has 2 aliphatic heterocycles. The van der Waals surface area contributed by atoms with Gasteiger partial charge in [-0.3, -0.25) is 9.11 Å². The molecule has 10 atom stereocenters. The van der Waals surface area contributed by atoms with E-state index in [-0.39, 0.29) is 0 Å². The summed E-state index contributed by atoms with van der Waals surface area (Å²) >= 11 is 0. The van der Waals surface area contributed by atoms with Crippen molar-refractivity contribution < 1.29 is 79.2 Å². The van der Waals surface area contributed by atoms with Crippen molar-refractivity contribution in [2.75, 3.05) is 13.2 Å². The molecular weight excluding hydrogens is 480 g/mol. The second-order valence-electron chi connectivity index (χ2n) is 6.55. The minimum Gasteiger partial charge on any atom is -0.394 e. The van der Waals surface area contributed by atoms with E-state index in [1.54, 1.807) is 0 Å². The zero-order chi connectivity index (χ0) is 23.7. The zero-order valence-electron chi connectivity index (χ0n) is 15.3. The second-order valence-corrected chi connectivity index (χ2v) is 8.69. The van der Waals surface area contributed by atoms with Crippen molar-refractivity contribution >= 4 is 20.8 Å². The normalized spacial score (nSPS) is 42.5. The number of aliphatic hydroxyl groups excluding tert-OH is 6. The topological polar surface area (TPSA) is 276 Å². The summed E-state index contributed by atoms with van der Waals surface area (Å²) < 4.78 is 84.2. The van der Waals surface area contributed by atoms with Crippen molar-refractivity contribution in [3.8, 4) is 0 Å². The Balaban J connectivity index is 2.21. The third-order valence-electron chi connectivity index (χ3n) is 4.39. The summed E-state index contributed by atoms with van der Waals surface area (Å²) in [6, 6.07) is 0. The number of rotatable bonds is 8. The zero-order valence-corrected chi connectivity index (χ0v) is 16.9. The lowest BCUT2D eigenvalue weighted by Crippen LogP contribution is -2.65. The summed E-state index contributed by atoms with van der Waals surface area (Å²) in [5.41, 5.74) is 0. The molecule has 184 valence electrons. The molecule has 0 aromatic heterocycles. The molecule has 8 N–H and O–H groups in total. The summed E-state index contributed by atoms with van der Waals surface area (Å²) in [6.07, 6.45) is -19.5. The van der Waals surface area contributed by atoms with Gasteiger partial charge >= 0.3 is 20.8 Å². The molecule has 19 heteroatoms. The van der Waals surface area contributed by atoms with Gasteiger partial charge in [0.15, 0.2) is 12.6 Å². The van der Waals surface area contributed by atoms with Crippen molar-refractivity contribution in [1.82, 2.24) is 0 Å². The van der Waals surface area contributed by atoms with Crippen LogP contribution in [0.1, 0.15) is 0 Å². The van der Waals surface area contributed by atoms with Gasteiger partial charge in [-0.25, -0.2) is 8.37 Å².